The summed E-state index contributed by atoms with van der Waals surface area (Å²) in [6.07, 6.45) is 3.42. The maximum Gasteiger partial charge on any atom is 0.276 e. The molecule has 0 aliphatic heterocycles. The summed E-state index contributed by atoms with van der Waals surface area (Å²) in [4.78, 5) is 23.3. The van der Waals surface area contributed by atoms with Gasteiger partial charge in [-0.2, -0.15) is 0 Å². The Hall–Kier alpha value is -2.47. The number of rotatable bonds is 3. The van der Waals surface area contributed by atoms with Crippen LogP contribution in [0.4, 0.5) is 5.13 Å². The van der Waals surface area contributed by atoms with E-state index < -0.39 is 0 Å². The molecule has 0 aromatic carbocycles. The van der Waals surface area contributed by atoms with Crippen LogP contribution in [0.1, 0.15) is 10.5 Å². The topological polar surface area (TPSA) is 70.7 Å². The summed E-state index contributed by atoms with van der Waals surface area (Å²) in [5.41, 5.74) is 2.11. The SMILES string of the molecule is O=C(Nc1nc(-c2ccc[nH]2)cs1)c1ccccn1. The third-order valence-electron chi connectivity index (χ3n) is 2.50. The van der Waals surface area contributed by atoms with Crippen molar-refractivity contribution in [1.29, 1.82) is 0 Å². The van der Waals surface area contributed by atoms with Gasteiger partial charge in [-0.1, -0.05) is 6.07 Å². The number of thiazole rings is 1. The van der Waals surface area contributed by atoms with Crippen molar-refractivity contribution in [3.05, 3.63) is 53.8 Å². The first-order valence-corrected chi connectivity index (χ1v) is 6.52. The molecular weight excluding hydrogens is 260 g/mol. The Morgan fingerprint density at radius 1 is 1.26 bits per heavy atom. The first-order chi connectivity index (χ1) is 9.33. The van der Waals surface area contributed by atoms with Gasteiger partial charge < -0.3 is 4.98 Å². The molecule has 19 heavy (non-hydrogen) atoms. The van der Waals surface area contributed by atoms with Gasteiger partial charge in [0, 0.05) is 17.8 Å². The van der Waals surface area contributed by atoms with Crippen LogP contribution in [0.15, 0.2) is 48.1 Å². The Labute approximate surface area is 113 Å². The fourth-order valence-corrected chi connectivity index (χ4v) is 2.31. The van der Waals surface area contributed by atoms with E-state index in [0.29, 0.717) is 10.8 Å². The maximum absolute atomic E-state index is 11.9. The summed E-state index contributed by atoms with van der Waals surface area (Å²) < 4.78 is 0. The second-order valence-corrected chi connectivity index (χ2v) is 4.65. The van der Waals surface area contributed by atoms with E-state index >= 15 is 0 Å². The Morgan fingerprint density at radius 2 is 2.21 bits per heavy atom. The molecule has 5 nitrogen and oxygen atoms in total. The van der Waals surface area contributed by atoms with Crippen LogP contribution in [0.2, 0.25) is 0 Å². The molecule has 94 valence electrons. The predicted molar refractivity (Wildman–Crippen MR) is 74.1 cm³/mol. The highest BCUT2D eigenvalue weighted by Gasteiger charge is 2.10. The summed E-state index contributed by atoms with van der Waals surface area (Å²) in [5, 5.41) is 5.18. The van der Waals surface area contributed by atoms with Crippen LogP contribution in [-0.4, -0.2) is 20.9 Å². The second-order valence-electron chi connectivity index (χ2n) is 3.79. The Kier molecular flexibility index (Phi) is 3.07. The van der Waals surface area contributed by atoms with Crippen LogP contribution < -0.4 is 5.32 Å². The van der Waals surface area contributed by atoms with Crippen LogP contribution in [0.3, 0.4) is 0 Å². The average Bonchev–Trinajstić information content (AvgIpc) is 3.10. The summed E-state index contributed by atoms with van der Waals surface area (Å²) in [5.74, 6) is -0.256. The van der Waals surface area contributed by atoms with Gasteiger partial charge in [-0.05, 0) is 24.3 Å². The zero-order valence-electron chi connectivity index (χ0n) is 9.83. The van der Waals surface area contributed by atoms with Gasteiger partial charge in [-0.3, -0.25) is 15.1 Å². The molecule has 3 rings (SSSR count). The first kappa shape index (κ1) is 11.6. The molecule has 0 radical (unpaired) electrons. The fourth-order valence-electron chi connectivity index (χ4n) is 1.60. The number of hydrogen-bond donors (Lipinski definition) is 2. The number of H-pyrrole nitrogens is 1. The minimum Gasteiger partial charge on any atom is -0.360 e. The molecule has 6 heteroatoms. The Morgan fingerprint density at radius 3 is 2.95 bits per heavy atom. The lowest BCUT2D eigenvalue weighted by Gasteiger charge is -1.99. The number of anilines is 1. The van der Waals surface area contributed by atoms with Gasteiger partial charge in [0.05, 0.1) is 11.4 Å². The van der Waals surface area contributed by atoms with Crippen molar-refractivity contribution in [3.63, 3.8) is 0 Å². The van der Waals surface area contributed by atoms with Gasteiger partial charge in [0.2, 0.25) is 0 Å². The van der Waals surface area contributed by atoms with Crippen molar-refractivity contribution in [2.75, 3.05) is 5.32 Å². The van der Waals surface area contributed by atoms with Crippen LogP contribution in [-0.2, 0) is 0 Å². The quantitative estimate of drug-likeness (QED) is 0.768. The first-order valence-electron chi connectivity index (χ1n) is 5.64. The number of pyridine rings is 1. The summed E-state index contributed by atoms with van der Waals surface area (Å²) in [6.45, 7) is 0. The number of carbonyl (C=O) groups excluding carboxylic acids is 1. The van der Waals surface area contributed by atoms with Gasteiger partial charge in [-0.25, -0.2) is 4.98 Å². The third-order valence-corrected chi connectivity index (χ3v) is 3.25. The zero-order valence-corrected chi connectivity index (χ0v) is 10.6. The van der Waals surface area contributed by atoms with Crippen molar-refractivity contribution in [2.24, 2.45) is 0 Å². The molecule has 0 aliphatic carbocycles. The minimum absolute atomic E-state index is 0.256. The molecule has 0 spiro atoms. The number of nitrogens with zero attached hydrogens (tertiary/aromatic N) is 2. The second kappa shape index (κ2) is 5.03. The van der Waals surface area contributed by atoms with Crippen LogP contribution in [0.5, 0.6) is 0 Å². The van der Waals surface area contributed by atoms with Crippen molar-refractivity contribution in [1.82, 2.24) is 15.0 Å². The van der Waals surface area contributed by atoms with E-state index in [0.717, 1.165) is 11.4 Å². The van der Waals surface area contributed by atoms with E-state index in [2.05, 4.69) is 20.3 Å². The third kappa shape index (κ3) is 2.53. The van der Waals surface area contributed by atoms with Crippen molar-refractivity contribution < 1.29 is 4.79 Å². The highest BCUT2D eigenvalue weighted by Crippen LogP contribution is 2.23. The zero-order chi connectivity index (χ0) is 13.1. The molecule has 0 fully saturated rings. The highest BCUT2D eigenvalue weighted by atomic mass is 32.1. The summed E-state index contributed by atoms with van der Waals surface area (Å²) in [7, 11) is 0. The van der Waals surface area contributed by atoms with Crippen molar-refractivity contribution in [3.8, 4) is 11.4 Å². The van der Waals surface area contributed by atoms with Crippen molar-refractivity contribution >= 4 is 22.4 Å². The molecule has 0 saturated carbocycles. The maximum atomic E-state index is 11.9. The lowest BCUT2D eigenvalue weighted by Crippen LogP contribution is -2.13. The monoisotopic (exact) mass is 270 g/mol. The Balaban J connectivity index is 1.76. The molecule has 1 amide bonds. The molecule has 2 N–H and O–H groups in total. The molecule has 3 heterocycles. The Bertz CT molecular complexity index is 676. The fraction of sp³-hybridized carbons (Fsp3) is 0. The standard InChI is InChI=1S/C13H10N4OS/c18-12(10-4-1-2-6-15-10)17-13-16-11(8-19-13)9-5-3-7-14-9/h1-8,14H,(H,16,17,18). The number of carbonyl (C=O) groups is 1. The van der Waals surface area contributed by atoms with E-state index in [1.807, 2.05) is 23.7 Å². The van der Waals surface area contributed by atoms with Crippen molar-refractivity contribution in [2.45, 2.75) is 0 Å². The van der Waals surface area contributed by atoms with Gasteiger partial charge in [-0.15, -0.1) is 11.3 Å². The molecule has 0 atom stereocenters. The van der Waals surface area contributed by atoms with Crippen LogP contribution >= 0.6 is 11.3 Å². The lowest BCUT2D eigenvalue weighted by atomic mass is 10.3. The van der Waals surface area contributed by atoms with Gasteiger partial charge in [0.15, 0.2) is 5.13 Å². The van der Waals surface area contributed by atoms with Crippen LogP contribution in [0.25, 0.3) is 11.4 Å². The normalized spacial score (nSPS) is 10.3. The predicted octanol–water partition coefficient (Wildman–Crippen LogP) is 2.79. The lowest BCUT2D eigenvalue weighted by molar-refractivity contribution is 0.102. The van der Waals surface area contributed by atoms with E-state index in [4.69, 9.17) is 0 Å². The van der Waals surface area contributed by atoms with Crippen LogP contribution in [0, 0.1) is 0 Å². The highest BCUT2D eigenvalue weighted by molar-refractivity contribution is 7.14. The number of nitrogens with one attached hydrogen (secondary N) is 2. The molecule has 3 aromatic rings. The smallest absolute Gasteiger partial charge is 0.276 e. The van der Waals surface area contributed by atoms with Gasteiger partial charge >= 0.3 is 0 Å². The summed E-state index contributed by atoms with van der Waals surface area (Å²) in [6, 6.07) is 9.03. The average molecular weight is 270 g/mol. The number of aromatic amines is 1. The largest absolute Gasteiger partial charge is 0.360 e. The molecule has 0 bridgehead atoms. The number of aromatic nitrogens is 3. The minimum atomic E-state index is -0.256. The van der Waals surface area contributed by atoms with Gasteiger partial charge in [0.1, 0.15) is 5.69 Å². The molecule has 0 unspecified atom stereocenters. The van der Waals surface area contributed by atoms with E-state index in [1.165, 1.54) is 11.3 Å². The molecule has 3 aromatic heterocycles. The van der Waals surface area contributed by atoms with Gasteiger partial charge in [0.25, 0.3) is 5.91 Å². The summed E-state index contributed by atoms with van der Waals surface area (Å²) >= 11 is 1.38. The van der Waals surface area contributed by atoms with E-state index in [1.54, 1.807) is 24.4 Å². The molecular formula is C13H10N4OS. The van der Waals surface area contributed by atoms with E-state index in [-0.39, 0.29) is 5.91 Å². The van der Waals surface area contributed by atoms with E-state index in [9.17, 15) is 4.79 Å². The molecule has 0 saturated heterocycles. The molecule has 0 aliphatic rings. The number of amides is 1. The number of hydrogen-bond acceptors (Lipinski definition) is 4.